The van der Waals surface area contributed by atoms with Gasteiger partial charge in [0, 0.05) is 11.5 Å². The third-order valence-electron chi connectivity index (χ3n) is 2.71. The first-order valence-electron chi connectivity index (χ1n) is 5.04. The van der Waals surface area contributed by atoms with E-state index in [0.29, 0.717) is 6.42 Å². The van der Waals surface area contributed by atoms with E-state index in [1.54, 1.807) is 7.11 Å². The first-order valence-corrected chi connectivity index (χ1v) is 5.04. The van der Waals surface area contributed by atoms with Crippen LogP contribution in [-0.2, 0) is 9.53 Å². The molecular formula is C12H14O3. The summed E-state index contributed by atoms with van der Waals surface area (Å²) < 4.78 is 10.5. The number of esters is 1. The summed E-state index contributed by atoms with van der Waals surface area (Å²) in [5.74, 6) is 0.872. The summed E-state index contributed by atoms with van der Waals surface area (Å²) in [5.41, 5.74) is 0.957. The SMILES string of the molecule is COc1ccccc1[C@H]1OC(=O)C[C@@H]1C. The molecular weight excluding hydrogens is 192 g/mol. The average Bonchev–Trinajstić information content (AvgIpc) is 2.57. The van der Waals surface area contributed by atoms with Crippen molar-refractivity contribution in [2.24, 2.45) is 5.92 Å². The number of methoxy groups -OCH3 is 1. The molecule has 1 heterocycles. The summed E-state index contributed by atoms with van der Waals surface area (Å²) in [7, 11) is 1.63. The topological polar surface area (TPSA) is 35.5 Å². The standard InChI is InChI=1S/C12H14O3/c1-8-7-11(13)15-12(8)9-5-3-4-6-10(9)14-2/h3-6,8,12H,7H2,1-2H3/t8-,12-/m0/s1. The number of hydrogen-bond donors (Lipinski definition) is 0. The van der Waals surface area contributed by atoms with E-state index < -0.39 is 0 Å². The van der Waals surface area contributed by atoms with Crippen molar-refractivity contribution in [3.8, 4) is 5.75 Å². The minimum absolute atomic E-state index is 0.126. The molecule has 15 heavy (non-hydrogen) atoms. The molecule has 1 aliphatic heterocycles. The van der Waals surface area contributed by atoms with Gasteiger partial charge in [-0.2, -0.15) is 0 Å². The minimum Gasteiger partial charge on any atom is -0.496 e. The van der Waals surface area contributed by atoms with Crippen LogP contribution in [0.4, 0.5) is 0 Å². The molecule has 80 valence electrons. The third-order valence-corrected chi connectivity index (χ3v) is 2.71. The Morgan fingerprint density at radius 1 is 1.40 bits per heavy atom. The van der Waals surface area contributed by atoms with Crippen molar-refractivity contribution in [2.45, 2.75) is 19.4 Å². The van der Waals surface area contributed by atoms with E-state index >= 15 is 0 Å². The largest absolute Gasteiger partial charge is 0.496 e. The number of hydrogen-bond acceptors (Lipinski definition) is 3. The van der Waals surface area contributed by atoms with Crippen LogP contribution in [-0.4, -0.2) is 13.1 Å². The van der Waals surface area contributed by atoms with Gasteiger partial charge in [-0.3, -0.25) is 4.79 Å². The third kappa shape index (κ3) is 1.82. The van der Waals surface area contributed by atoms with Crippen molar-refractivity contribution in [3.05, 3.63) is 29.8 Å². The second-order valence-electron chi connectivity index (χ2n) is 3.83. The fourth-order valence-electron chi connectivity index (χ4n) is 1.95. The van der Waals surface area contributed by atoms with E-state index in [0.717, 1.165) is 11.3 Å². The van der Waals surface area contributed by atoms with Gasteiger partial charge in [0.25, 0.3) is 0 Å². The normalized spacial score (nSPS) is 25.1. The molecule has 0 N–H and O–H groups in total. The van der Waals surface area contributed by atoms with E-state index in [-0.39, 0.29) is 18.0 Å². The van der Waals surface area contributed by atoms with Crippen molar-refractivity contribution in [2.75, 3.05) is 7.11 Å². The second kappa shape index (κ2) is 3.93. The van der Waals surface area contributed by atoms with Crippen LogP contribution in [0.5, 0.6) is 5.75 Å². The van der Waals surface area contributed by atoms with Crippen LogP contribution in [0.2, 0.25) is 0 Å². The van der Waals surface area contributed by atoms with Gasteiger partial charge < -0.3 is 9.47 Å². The predicted octanol–water partition coefficient (Wildman–Crippen LogP) is 2.32. The predicted molar refractivity (Wildman–Crippen MR) is 55.6 cm³/mol. The van der Waals surface area contributed by atoms with Crippen LogP contribution in [0.15, 0.2) is 24.3 Å². The Bertz CT molecular complexity index is 373. The van der Waals surface area contributed by atoms with Gasteiger partial charge in [0.1, 0.15) is 11.9 Å². The Hall–Kier alpha value is -1.51. The summed E-state index contributed by atoms with van der Waals surface area (Å²) in [5, 5.41) is 0. The highest BCUT2D eigenvalue weighted by atomic mass is 16.6. The van der Waals surface area contributed by atoms with Crippen molar-refractivity contribution >= 4 is 5.97 Å². The molecule has 1 saturated heterocycles. The highest BCUT2D eigenvalue weighted by molar-refractivity contribution is 5.72. The summed E-state index contributed by atoms with van der Waals surface area (Å²) in [4.78, 5) is 11.2. The van der Waals surface area contributed by atoms with Crippen molar-refractivity contribution in [1.82, 2.24) is 0 Å². The molecule has 2 rings (SSSR count). The molecule has 2 atom stereocenters. The molecule has 1 aromatic carbocycles. The quantitative estimate of drug-likeness (QED) is 0.696. The van der Waals surface area contributed by atoms with Crippen LogP contribution in [0.3, 0.4) is 0 Å². The van der Waals surface area contributed by atoms with E-state index in [2.05, 4.69) is 0 Å². The maximum absolute atomic E-state index is 11.2. The minimum atomic E-state index is -0.159. The van der Waals surface area contributed by atoms with Gasteiger partial charge >= 0.3 is 5.97 Å². The smallest absolute Gasteiger partial charge is 0.306 e. The van der Waals surface area contributed by atoms with Gasteiger partial charge in [-0.15, -0.1) is 0 Å². The lowest BCUT2D eigenvalue weighted by molar-refractivity contribution is -0.141. The van der Waals surface area contributed by atoms with E-state index in [1.807, 2.05) is 31.2 Å². The van der Waals surface area contributed by atoms with Crippen LogP contribution < -0.4 is 4.74 Å². The van der Waals surface area contributed by atoms with Gasteiger partial charge in [-0.05, 0) is 6.07 Å². The van der Waals surface area contributed by atoms with Crippen molar-refractivity contribution < 1.29 is 14.3 Å². The monoisotopic (exact) mass is 206 g/mol. The van der Waals surface area contributed by atoms with E-state index in [1.165, 1.54) is 0 Å². The zero-order valence-electron chi connectivity index (χ0n) is 8.90. The molecule has 0 bridgehead atoms. The first-order chi connectivity index (χ1) is 7.22. The van der Waals surface area contributed by atoms with Crippen LogP contribution in [0.1, 0.15) is 25.0 Å². The van der Waals surface area contributed by atoms with Gasteiger partial charge in [0.2, 0.25) is 0 Å². The zero-order valence-corrected chi connectivity index (χ0v) is 8.90. The van der Waals surface area contributed by atoms with E-state index in [9.17, 15) is 4.79 Å². The Balaban J connectivity index is 2.32. The van der Waals surface area contributed by atoms with Crippen LogP contribution in [0, 0.1) is 5.92 Å². The van der Waals surface area contributed by atoms with Crippen molar-refractivity contribution in [1.29, 1.82) is 0 Å². The Kier molecular flexibility index (Phi) is 2.62. The second-order valence-corrected chi connectivity index (χ2v) is 3.83. The number of carbonyl (C=O) groups excluding carboxylic acids is 1. The molecule has 0 aliphatic carbocycles. The molecule has 1 aliphatic rings. The molecule has 0 aromatic heterocycles. The lowest BCUT2D eigenvalue weighted by atomic mass is 9.96. The van der Waals surface area contributed by atoms with Gasteiger partial charge in [0.15, 0.2) is 0 Å². The number of rotatable bonds is 2. The molecule has 1 fully saturated rings. The molecule has 1 aromatic rings. The molecule has 0 radical (unpaired) electrons. The molecule has 3 heteroatoms. The van der Waals surface area contributed by atoms with Gasteiger partial charge in [-0.25, -0.2) is 0 Å². The molecule has 3 nitrogen and oxygen atoms in total. The molecule has 0 unspecified atom stereocenters. The summed E-state index contributed by atoms with van der Waals surface area (Å²) in [6.45, 7) is 2.02. The lowest BCUT2D eigenvalue weighted by Gasteiger charge is -2.16. The maximum atomic E-state index is 11.2. The lowest BCUT2D eigenvalue weighted by Crippen LogP contribution is -2.05. The Labute approximate surface area is 89.0 Å². The number of cyclic esters (lactones) is 1. The first kappa shape index (κ1) is 10.0. The number of para-hydroxylation sites is 1. The summed E-state index contributed by atoms with van der Waals surface area (Å²) in [6.07, 6.45) is 0.330. The Morgan fingerprint density at radius 2 is 2.13 bits per heavy atom. The maximum Gasteiger partial charge on any atom is 0.306 e. The Morgan fingerprint density at radius 3 is 2.73 bits per heavy atom. The van der Waals surface area contributed by atoms with Crippen LogP contribution in [0.25, 0.3) is 0 Å². The van der Waals surface area contributed by atoms with Crippen LogP contribution >= 0.6 is 0 Å². The summed E-state index contributed by atoms with van der Waals surface area (Å²) in [6, 6.07) is 7.66. The average molecular weight is 206 g/mol. The highest BCUT2D eigenvalue weighted by Gasteiger charge is 2.34. The number of carbonyl (C=O) groups is 1. The zero-order chi connectivity index (χ0) is 10.8. The fourth-order valence-corrected chi connectivity index (χ4v) is 1.95. The number of benzene rings is 1. The van der Waals surface area contributed by atoms with E-state index in [4.69, 9.17) is 9.47 Å². The fraction of sp³-hybridized carbons (Fsp3) is 0.417. The highest BCUT2D eigenvalue weighted by Crippen LogP contribution is 2.38. The molecule has 0 amide bonds. The molecule has 0 spiro atoms. The van der Waals surface area contributed by atoms with Gasteiger partial charge in [-0.1, -0.05) is 25.1 Å². The number of ether oxygens (including phenoxy) is 2. The van der Waals surface area contributed by atoms with Gasteiger partial charge in [0.05, 0.1) is 13.5 Å². The molecule has 0 saturated carbocycles. The van der Waals surface area contributed by atoms with Crippen molar-refractivity contribution in [3.63, 3.8) is 0 Å². The summed E-state index contributed by atoms with van der Waals surface area (Å²) >= 11 is 0.